The van der Waals surface area contributed by atoms with Crippen LogP contribution in [0, 0.1) is 5.41 Å². The standard InChI is InChI=1S/C19H25N3O5S3/c1-19(2)13-29(24,25)22(18(19)23)14-7-9-15(10-8-14)30(26,27)20-12-16(21(3)4)17-6-5-11-28-17/h5-11,16,20H,12-13H2,1-4H3. The normalized spacial score (nSPS) is 19.4. The molecule has 3 rings (SSSR count). The van der Waals surface area contributed by atoms with E-state index in [-0.39, 0.29) is 28.9 Å². The number of rotatable bonds is 7. The molecule has 2 heterocycles. The molecule has 1 atom stereocenters. The van der Waals surface area contributed by atoms with Gasteiger partial charge in [-0.3, -0.25) is 4.79 Å². The summed E-state index contributed by atoms with van der Waals surface area (Å²) in [5.74, 6) is -0.810. The minimum Gasteiger partial charge on any atom is -0.300 e. The van der Waals surface area contributed by atoms with Crippen LogP contribution in [0.5, 0.6) is 0 Å². The number of amides is 1. The lowest BCUT2D eigenvalue weighted by molar-refractivity contribution is -0.123. The van der Waals surface area contributed by atoms with Gasteiger partial charge in [0.15, 0.2) is 0 Å². The van der Waals surface area contributed by atoms with Crippen molar-refractivity contribution in [3.63, 3.8) is 0 Å². The van der Waals surface area contributed by atoms with Crippen LogP contribution in [0.4, 0.5) is 5.69 Å². The lowest BCUT2D eigenvalue weighted by Crippen LogP contribution is -2.34. The third kappa shape index (κ3) is 4.45. The van der Waals surface area contributed by atoms with Crippen molar-refractivity contribution in [1.82, 2.24) is 9.62 Å². The minimum absolute atomic E-state index is 0.00163. The molecule has 11 heteroatoms. The molecule has 0 bridgehead atoms. The Morgan fingerprint density at radius 2 is 1.83 bits per heavy atom. The van der Waals surface area contributed by atoms with Crippen LogP contribution in [0.15, 0.2) is 46.7 Å². The molecule has 1 amide bonds. The van der Waals surface area contributed by atoms with Crippen LogP contribution in [0.3, 0.4) is 0 Å². The van der Waals surface area contributed by atoms with E-state index in [1.807, 2.05) is 36.5 Å². The SMILES string of the molecule is CN(C)C(CNS(=O)(=O)c1ccc(N2C(=O)C(C)(C)CS2(=O)=O)cc1)c1cccs1. The number of benzene rings is 1. The van der Waals surface area contributed by atoms with Crippen molar-refractivity contribution in [2.75, 3.05) is 30.7 Å². The third-order valence-electron chi connectivity index (χ3n) is 4.93. The lowest BCUT2D eigenvalue weighted by atomic mass is 9.95. The molecule has 1 N–H and O–H groups in total. The van der Waals surface area contributed by atoms with Gasteiger partial charge in [0.25, 0.3) is 0 Å². The molecule has 1 aliphatic rings. The zero-order valence-corrected chi connectivity index (χ0v) is 19.6. The van der Waals surface area contributed by atoms with E-state index in [0.717, 1.165) is 9.18 Å². The zero-order chi connectivity index (χ0) is 22.3. The summed E-state index contributed by atoms with van der Waals surface area (Å²) < 4.78 is 53.6. The van der Waals surface area contributed by atoms with Crippen molar-refractivity contribution in [2.45, 2.75) is 24.8 Å². The largest absolute Gasteiger partial charge is 0.300 e. The molecule has 8 nitrogen and oxygen atoms in total. The molecule has 164 valence electrons. The number of hydrogen-bond acceptors (Lipinski definition) is 7. The first-order valence-electron chi connectivity index (χ1n) is 9.22. The first kappa shape index (κ1) is 22.9. The molecule has 0 aliphatic carbocycles. The van der Waals surface area contributed by atoms with E-state index in [2.05, 4.69) is 4.72 Å². The van der Waals surface area contributed by atoms with Crippen LogP contribution < -0.4 is 9.03 Å². The highest BCUT2D eigenvalue weighted by atomic mass is 32.2. The molecule has 1 unspecified atom stereocenters. The van der Waals surface area contributed by atoms with Crippen molar-refractivity contribution >= 4 is 43.0 Å². The topological polar surface area (TPSA) is 104 Å². The maximum absolute atomic E-state index is 12.7. The molecule has 2 aromatic rings. The predicted octanol–water partition coefficient (Wildman–Crippen LogP) is 2.03. The highest BCUT2D eigenvalue weighted by molar-refractivity contribution is 7.94. The zero-order valence-electron chi connectivity index (χ0n) is 17.2. The fourth-order valence-electron chi connectivity index (χ4n) is 3.31. The van der Waals surface area contributed by atoms with Gasteiger partial charge in [-0.1, -0.05) is 6.07 Å². The Hall–Kier alpha value is -1.79. The van der Waals surface area contributed by atoms with Gasteiger partial charge in [0.1, 0.15) is 0 Å². The van der Waals surface area contributed by atoms with Crippen LogP contribution in [-0.2, 0) is 24.8 Å². The molecule has 1 aliphatic heterocycles. The monoisotopic (exact) mass is 471 g/mol. The van der Waals surface area contributed by atoms with E-state index < -0.39 is 31.4 Å². The van der Waals surface area contributed by atoms with Crippen LogP contribution >= 0.6 is 11.3 Å². The molecular weight excluding hydrogens is 446 g/mol. The molecule has 0 spiro atoms. The van der Waals surface area contributed by atoms with Gasteiger partial charge in [0.05, 0.1) is 27.8 Å². The highest BCUT2D eigenvalue weighted by Gasteiger charge is 2.49. The van der Waals surface area contributed by atoms with E-state index in [4.69, 9.17) is 0 Å². The van der Waals surface area contributed by atoms with E-state index in [9.17, 15) is 21.6 Å². The van der Waals surface area contributed by atoms with Gasteiger partial charge in [-0.2, -0.15) is 0 Å². The van der Waals surface area contributed by atoms with Crippen LogP contribution in [0.2, 0.25) is 0 Å². The first-order chi connectivity index (χ1) is 13.8. The summed E-state index contributed by atoms with van der Waals surface area (Å²) in [4.78, 5) is 15.5. The fourth-order valence-corrected chi connectivity index (χ4v) is 7.38. The summed E-state index contributed by atoms with van der Waals surface area (Å²) in [7, 11) is -3.84. The molecule has 30 heavy (non-hydrogen) atoms. The number of likely N-dealkylation sites (N-methyl/N-ethyl adjacent to an activating group) is 1. The number of carbonyl (C=O) groups excluding carboxylic acids is 1. The number of nitrogens with one attached hydrogen (secondary N) is 1. The van der Waals surface area contributed by atoms with Crippen molar-refractivity contribution in [1.29, 1.82) is 0 Å². The lowest BCUT2D eigenvalue weighted by Gasteiger charge is -2.23. The second kappa shape index (κ2) is 8.04. The van der Waals surface area contributed by atoms with Crippen LogP contribution in [-0.4, -0.2) is 54.0 Å². The number of anilines is 1. The van der Waals surface area contributed by atoms with E-state index in [0.29, 0.717) is 0 Å². The molecule has 0 saturated carbocycles. The van der Waals surface area contributed by atoms with Gasteiger partial charge in [0.2, 0.25) is 26.0 Å². The smallest absolute Gasteiger partial charge is 0.247 e. The summed E-state index contributed by atoms with van der Waals surface area (Å²) in [5, 5.41) is 1.94. The Morgan fingerprint density at radius 1 is 1.20 bits per heavy atom. The van der Waals surface area contributed by atoms with Crippen molar-refractivity contribution in [3.05, 3.63) is 46.7 Å². The van der Waals surface area contributed by atoms with Crippen LogP contribution in [0.25, 0.3) is 0 Å². The van der Waals surface area contributed by atoms with Gasteiger partial charge < -0.3 is 4.90 Å². The quantitative estimate of drug-likeness (QED) is 0.663. The maximum atomic E-state index is 12.7. The Kier molecular flexibility index (Phi) is 6.14. The summed E-state index contributed by atoms with van der Waals surface area (Å²) in [6.07, 6.45) is 0. The summed E-state index contributed by atoms with van der Waals surface area (Å²) in [6.45, 7) is 3.33. The summed E-state index contributed by atoms with van der Waals surface area (Å²) in [6, 6.07) is 9.05. The Morgan fingerprint density at radius 3 is 2.30 bits per heavy atom. The van der Waals surface area contributed by atoms with Gasteiger partial charge >= 0.3 is 0 Å². The van der Waals surface area contributed by atoms with Gasteiger partial charge in [-0.25, -0.2) is 25.9 Å². The first-order valence-corrected chi connectivity index (χ1v) is 13.2. The van der Waals surface area contributed by atoms with Crippen molar-refractivity contribution in [3.8, 4) is 0 Å². The van der Waals surface area contributed by atoms with Crippen LogP contribution in [0.1, 0.15) is 24.8 Å². The molecule has 1 saturated heterocycles. The molecule has 0 radical (unpaired) electrons. The average molecular weight is 472 g/mol. The molecule has 1 aromatic carbocycles. The van der Waals surface area contributed by atoms with E-state index in [1.54, 1.807) is 25.2 Å². The van der Waals surface area contributed by atoms with Gasteiger partial charge in [-0.05, 0) is 63.7 Å². The Bertz CT molecular complexity index is 1120. The fraction of sp³-hybridized carbons (Fsp3) is 0.421. The van der Waals surface area contributed by atoms with Crippen molar-refractivity contribution < 1.29 is 21.6 Å². The highest BCUT2D eigenvalue weighted by Crippen LogP contribution is 2.36. The van der Waals surface area contributed by atoms with Gasteiger partial charge in [-0.15, -0.1) is 11.3 Å². The summed E-state index contributed by atoms with van der Waals surface area (Å²) >= 11 is 1.55. The Labute approximate surface area is 181 Å². The maximum Gasteiger partial charge on any atom is 0.247 e. The number of carbonyl (C=O) groups is 1. The van der Waals surface area contributed by atoms with E-state index in [1.165, 1.54) is 24.3 Å². The number of sulfonamides is 2. The predicted molar refractivity (Wildman–Crippen MR) is 117 cm³/mol. The minimum atomic E-state index is -3.81. The number of nitrogens with zero attached hydrogens (tertiary/aromatic N) is 2. The second-order valence-corrected chi connectivity index (χ2v) is 12.6. The summed E-state index contributed by atoms with van der Waals surface area (Å²) in [5.41, 5.74) is -0.886. The third-order valence-corrected chi connectivity index (χ3v) is 9.36. The van der Waals surface area contributed by atoms with E-state index >= 15 is 0 Å². The molecule has 1 aromatic heterocycles. The van der Waals surface area contributed by atoms with Crippen molar-refractivity contribution in [2.24, 2.45) is 5.41 Å². The second-order valence-electron chi connectivity index (χ2n) is 8.05. The number of thiophene rings is 1. The molecular formula is C19H25N3O5S3. The van der Waals surface area contributed by atoms with Gasteiger partial charge in [0, 0.05) is 11.4 Å². The average Bonchev–Trinajstić information content (AvgIpc) is 3.20. The Balaban J connectivity index is 1.79. The number of hydrogen-bond donors (Lipinski definition) is 1. The molecule has 1 fully saturated rings.